The summed E-state index contributed by atoms with van der Waals surface area (Å²) in [6.07, 6.45) is 4.90. The molecular formula is C13H28N2O. The number of nitrogens with one attached hydrogen (secondary N) is 1. The molecule has 1 unspecified atom stereocenters. The molecule has 0 bridgehead atoms. The van der Waals surface area contributed by atoms with Gasteiger partial charge < -0.3 is 15.0 Å². The van der Waals surface area contributed by atoms with Crippen LogP contribution in [0.5, 0.6) is 0 Å². The van der Waals surface area contributed by atoms with Gasteiger partial charge in [0.05, 0.1) is 0 Å². The van der Waals surface area contributed by atoms with E-state index in [-0.39, 0.29) is 0 Å². The summed E-state index contributed by atoms with van der Waals surface area (Å²) >= 11 is 0. The first-order valence-corrected chi connectivity index (χ1v) is 6.90. The number of piperazine rings is 1. The van der Waals surface area contributed by atoms with E-state index in [1.807, 2.05) is 0 Å². The summed E-state index contributed by atoms with van der Waals surface area (Å²) in [5.74, 6) is 0. The molecule has 0 radical (unpaired) electrons. The monoisotopic (exact) mass is 228 g/mol. The molecule has 3 heteroatoms. The Bertz CT molecular complexity index is 162. The quantitative estimate of drug-likeness (QED) is 0.642. The molecule has 3 nitrogen and oxygen atoms in total. The van der Waals surface area contributed by atoms with Crippen LogP contribution in [0, 0.1) is 0 Å². The van der Waals surface area contributed by atoms with Gasteiger partial charge in [-0.15, -0.1) is 0 Å². The van der Waals surface area contributed by atoms with E-state index < -0.39 is 0 Å². The Morgan fingerprint density at radius 2 is 2.12 bits per heavy atom. The van der Waals surface area contributed by atoms with Gasteiger partial charge in [0.15, 0.2) is 0 Å². The predicted molar refractivity (Wildman–Crippen MR) is 68.9 cm³/mol. The van der Waals surface area contributed by atoms with Gasteiger partial charge in [0.25, 0.3) is 0 Å². The van der Waals surface area contributed by atoms with Gasteiger partial charge in [0.1, 0.15) is 0 Å². The summed E-state index contributed by atoms with van der Waals surface area (Å²) in [7, 11) is 0. The minimum absolute atomic E-state index is 0.718. The molecule has 1 atom stereocenters. The summed E-state index contributed by atoms with van der Waals surface area (Å²) in [6, 6.07) is 0.718. The van der Waals surface area contributed by atoms with Crippen molar-refractivity contribution in [3.63, 3.8) is 0 Å². The molecule has 1 aliphatic heterocycles. The summed E-state index contributed by atoms with van der Waals surface area (Å²) < 4.78 is 5.51. The van der Waals surface area contributed by atoms with Crippen LogP contribution in [-0.2, 0) is 4.74 Å². The van der Waals surface area contributed by atoms with E-state index >= 15 is 0 Å². The summed E-state index contributed by atoms with van der Waals surface area (Å²) in [5.41, 5.74) is 0. The van der Waals surface area contributed by atoms with Crippen molar-refractivity contribution in [2.45, 2.75) is 45.6 Å². The van der Waals surface area contributed by atoms with Crippen LogP contribution in [0.1, 0.15) is 39.5 Å². The number of ether oxygens (including phenoxy) is 1. The van der Waals surface area contributed by atoms with Crippen molar-refractivity contribution in [1.82, 2.24) is 10.2 Å². The molecule has 0 amide bonds. The van der Waals surface area contributed by atoms with Crippen LogP contribution >= 0.6 is 0 Å². The molecular weight excluding hydrogens is 200 g/mol. The zero-order valence-electron chi connectivity index (χ0n) is 11.0. The van der Waals surface area contributed by atoms with E-state index in [2.05, 4.69) is 24.1 Å². The number of hydrogen-bond donors (Lipinski definition) is 1. The molecule has 0 aromatic heterocycles. The van der Waals surface area contributed by atoms with Crippen molar-refractivity contribution >= 4 is 0 Å². The Hall–Kier alpha value is -0.120. The minimum atomic E-state index is 0.718. The standard InChI is InChI=1S/C13H28N2O/c1-3-6-13-12-15(9-7-14-13)8-5-11-16-10-4-2/h13-14H,3-12H2,1-2H3. The first-order chi connectivity index (χ1) is 7.86. The maximum absolute atomic E-state index is 5.51. The van der Waals surface area contributed by atoms with Crippen LogP contribution < -0.4 is 5.32 Å². The second-order valence-corrected chi connectivity index (χ2v) is 4.71. The van der Waals surface area contributed by atoms with Crippen molar-refractivity contribution in [1.29, 1.82) is 0 Å². The van der Waals surface area contributed by atoms with Gasteiger partial charge in [-0.05, 0) is 19.3 Å². The normalized spacial score (nSPS) is 22.5. The van der Waals surface area contributed by atoms with E-state index in [9.17, 15) is 0 Å². The zero-order valence-corrected chi connectivity index (χ0v) is 11.0. The van der Waals surface area contributed by atoms with Crippen LogP contribution in [0.2, 0.25) is 0 Å². The highest BCUT2D eigenvalue weighted by Crippen LogP contribution is 2.05. The highest BCUT2D eigenvalue weighted by atomic mass is 16.5. The smallest absolute Gasteiger partial charge is 0.0478 e. The molecule has 0 aromatic rings. The van der Waals surface area contributed by atoms with Gasteiger partial charge in [-0.1, -0.05) is 20.3 Å². The molecule has 1 aliphatic rings. The molecule has 1 rings (SSSR count). The summed E-state index contributed by atoms with van der Waals surface area (Å²) in [5, 5.41) is 3.59. The Morgan fingerprint density at radius 1 is 1.25 bits per heavy atom. The second-order valence-electron chi connectivity index (χ2n) is 4.71. The topological polar surface area (TPSA) is 24.5 Å². The summed E-state index contributed by atoms with van der Waals surface area (Å²) in [4.78, 5) is 2.58. The Morgan fingerprint density at radius 3 is 2.88 bits per heavy atom. The second kappa shape index (κ2) is 8.97. The maximum Gasteiger partial charge on any atom is 0.0478 e. The molecule has 1 fully saturated rings. The number of rotatable bonds is 8. The molecule has 1 N–H and O–H groups in total. The van der Waals surface area contributed by atoms with Crippen molar-refractivity contribution in [2.24, 2.45) is 0 Å². The van der Waals surface area contributed by atoms with E-state index in [0.717, 1.165) is 32.2 Å². The minimum Gasteiger partial charge on any atom is -0.381 e. The van der Waals surface area contributed by atoms with Crippen molar-refractivity contribution in [3.05, 3.63) is 0 Å². The average molecular weight is 228 g/mol. The summed E-state index contributed by atoms with van der Waals surface area (Å²) in [6.45, 7) is 11.0. The zero-order chi connectivity index (χ0) is 11.6. The lowest BCUT2D eigenvalue weighted by Crippen LogP contribution is -2.50. The van der Waals surface area contributed by atoms with Crippen LogP contribution in [0.25, 0.3) is 0 Å². The molecule has 0 spiro atoms. The third kappa shape index (κ3) is 5.83. The Kier molecular flexibility index (Phi) is 7.81. The van der Waals surface area contributed by atoms with E-state index in [0.29, 0.717) is 0 Å². The van der Waals surface area contributed by atoms with Gasteiger partial charge in [-0.25, -0.2) is 0 Å². The SMILES string of the molecule is CCCOCCCN1CCNC(CCC)C1. The van der Waals surface area contributed by atoms with Crippen LogP contribution in [0.4, 0.5) is 0 Å². The lowest BCUT2D eigenvalue weighted by atomic mass is 10.1. The highest BCUT2D eigenvalue weighted by Gasteiger charge is 2.17. The lowest BCUT2D eigenvalue weighted by molar-refractivity contribution is 0.113. The predicted octanol–water partition coefficient (Wildman–Crippen LogP) is 1.88. The van der Waals surface area contributed by atoms with E-state index in [4.69, 9.17) is 4.74 Å². The first kappa shape index (κ1) is 13.9. The molecule has 1 saturated heterocycles. The third-order valence-electron chi connectivity index (χ3n) is 3.09. The van der Waals surface area contributed by atoms with Crippen LogP contribution in [0.15, 0.2) is 0 Å². The highest BCUT2D eigenvalue weighted by molar-refractivity contribution is 4.77. The fraction of sp³-hybridized carbons (Fsp3) is 1.00. The van der Waals surface area contributed by atoms with Gasteiger partial charge in [-0.2, -0.15) is 0 Å². The fourth-order valence-electron chi connectivity index (χ4n) is 2.28. The number of nitrogens with zero attached hydrogens (tertiary/aromatic N) is 1. The largest absolute Gasteiger partial charge is 0.381 e. The van der Waals surface area contributed by atoms with Crippen LogP contribution in [0.3, 0.4) is 0 Å². The van der Waals surface area contributed by atoms with Gasteiger partial charge in [0, 0.05) is 45.4 Å². The van der Waals surface area contributed by atoms with Crippen LogP contribution in [-0.4, -0.2) is 50.3 Å². The molecule has 0 saturated carbocycles. The van der Waals surface area contributed by atoms with Crippen molar-refractivity contribution in [3.8, 4) is 0 Å². The fourth-order valence-corrected chi connectivity index (χ4v) is 2.28. The lowest BCUT2D eigenvalue weighted by Gasteiger charge is -2.33. The van der Waals surface area contributed by atoms with Gasteiger partial charge in [-0.3, -0.25) is 0 Å². The Balaban J connectivity index is 2.02. The maximum atomic E-state index is 5.51. The molecule has 0 aromatic carbocycles. The number of hydrogen-bond acceptors (Lipinski definition) is 3. The molecule has 96 valence electrons. The third-order valence-corrected chi connectivity index (χ3v) is 3.09. The molecule has 1 heterocycles. The van der Waals surface area contributed by atoms with E-state index in [1.54, 1.807) is 0 Å². The van der Waals surface area contributed by atoms with E-state index in [1.165, 1.54) is 38.9 Å². The van der Waals surface area contributed by atoms with Crippen molar-refractivity contribution < 1.29 is 4.74 Å². The molecule has 16 heavy (non-hydrogen) atoms. The first-order valence-electron chi connectivity index (χ1n) is 6.90. The Labute approximate surface area is 101 Å². The van der Waals surface area contributed by atoms with Gasteiger partial charge in [0.2, 0.25) is 0 Å². The van der Waals surface area contributed by atoms with Crippen molar-refractivity contribution in [2.75, 3.05) is 39.4 Å². The van der Waals surface area contributed by atoms with Gasteiger partial charge >= 0.3 is 0 Å². The average Bonchev–Trinajstić information content (AvgIpc) is 2.30. The molecule has 0 aliphatic carbocycles.